The highest BCUT2D eigenvalue weighted by Crippen LogP contribution is 2.27. The molecule has 0 amide bonds. The van der Waals surface area contributed by atoms with Crippen molar-refractivity contribution in [1.82, 2.24) is 9.78 Å². The summed E-state index contributed by atoms with van der Waals surface area (Å²) in [5.74, 6) is -1.27. The monoisotopic (exact) mass is 399 g/mol. The summed E-state index contributed by atoms with van der Waals surface area (Å²) in [6, 6.07) is 13.8. The molecule has 0 atom stereocenters. The van der Waals surface area contributed by atoms with Crippen LogP contribution in [0.1, 0.15) is 41.3 Å². The summed E-state index contributed by atoms with van der Waals surface area (Å²) in [7, 11) is -3.97. The molecule has 1 heterocycles. The van der Waals surface area contributed by atoms with Gasteiger partial charge in [-0.3, -0.25) is 9.40 Å². The minimum Gasteiger partial charge on any atom is -0.478 e. The number of benzene rings is 2. The number of carboxylic acids is 1. The maximum atomic E-state index is 12.9. The molecule has 0 aliphatic carbocycles. The lowest BCUT2D eigenvalue weighted by atomic mass is 10.0. The summed E-state index contributed by atoms with van der Waals surface area (Å²) >= 11 is 0. The fourth-order valence-electron chi connectivity index (χ4n) is 2.86. The smallest absolute Gasteiger partial charge is 0.335 e. The third kappa shape index (κ3) is 4.40. The molecule has 0 spiro atoms. The van der Waals surface area contributed by atoms with Gasteiger partial charge in [-0.25, -0.2) is 13.2 Å². The number of rotatable bonds is 7. The van der Waals surface area contributed by atoms with Crippen LogP contribution in [0.25, 0.3) is 0 Å². The lowest BCUT2D eigenvalue weighted by Gasteiger charge is -2.14. The van der Waals surface area contributed by atoms with Crippen LogP contribution in [0, 0.1) is 0 Å². The number of hydrogen-bond acceptors (Lipinski definition) is 4. The second-order valence-corrected chi connectivity index (χ2v) is 8.38. The van der Waals surface area contributed by atoms with E-state index in [0.29, 0.717) is 17.8 Å². The number of nitrogens with zero attached hydrogens (tertiary/aromatic N) is 2. The molecule has 0 radical (unpaired) electrons. The number of carbonyl (C=O) groups is 1. The van der Waals surface area contributed by atoms with Gasteiger partial charge in [0.2, 0.25) is 0 Å². The normalized spacial score (nSPS) is 11.5. The number of aromatic carboxylic acids is 1. The highest BCUT2D eigenvalue weighted by molar-refractivity contribution is 7.92. The summed E-state index contributed by atoms with van der Waals surface area (Å²) in [6.07, 6.45) is 3.03. The Hall–Kier alpha value is -3.13. The van der Waals surface area contributed by atoms with Crippen LogP contribution in [0.2, 0.25) is 0 Å². The Bertz CT molecular complexity index is 1090. The highest BCUT2D eigenvalue weighted by Gasteiger charge is 2.23. The minimum absolute atomic E-state index is 0.0433. The van der Waals surface area contributed by atoms with E-state index in [4.69, 9.17) is 0 Å². The Morgan fingerprint density at radius 2 is 1.89 bits per heavy atom. The van der Waals surface area contributed by atoms with E-state index in [2.05, 4.69) is 9.82 Å². The van der Waals surface area contributed by atoms with Gasteiger partial charge in [-0.05, 0) is 29.2 Å². The predicted octanol–water partition coefficient (Wildman–Crippen LogP) is 3.55. The first kappa shape index (κ1) is 19.6. The molecule has 0 aliphatic rings. The van der Waals surface area contributed by atoms with E-state index >= 15 is 0 Å². The molecule has 28 heavy (non-hydrogen) atoms. The Balaban J connectivity index is 1.88. The summed E-state index contributed by atoms with van der Waals surface area (Å²) < 4.78 is 30.0. The summed E-state index contributed by atoms with van der Waals surface area (Å²) in [6.45, 7) is 4.22. The molecule has 0 aliphatic heterocycles. The van der Waals surface area contributed by atoms with Crippen molar-refractivity contribution in [1.29, 1.82) is 0 Å². The molecule has 0 bridgehead atoms. The van der Waals surface area contributed by atoms with E-state index in [1.165, 1.54) is 18.3 Å². The van der Waals surface area contributed by atoms with Gasteiger partial charge in [0.25, 0.3) is 10.0 Å². The first-order valence-corrected chi connectivity index (χ1v) is 10.2. The number of sulfonamides is 1. The maximum Gasteiger partial charge on any atom is 0.335 e. The van der Waals surface area contributed by atoms with Crippen molar-refractivity contribution >= 4 is 21.7 Å². The fourth-order valence-corrected chi connectivity index (χ4v) is 4.28. The van der Waals surface area contributed by atoms with Gasteiger partial charge in [0.1, 0.15) is 0 Å². The van der Waals surface area contributed by atoms with Crippen molar-refractivity contribution in [3.05, 3.63) is 77.6 Å². The molecule has 3 aromatic rings. The van der Waals surface area contributed by atoms with Crippen molar-refractivity contribution in [3.8, 4) is 0 Å². The lowest BCUT2D eigenvalue weighted by molar-refractivity contribution is 0.0696. The van der Waals surface area contributed by atoms with Gasteiger partial charge in [-0.1, -0.05) is 50.2 Å². The number of nitrogens with one attached hydrogen (secondary N) is 1. The van der Waals surface area contributed by atoms with E-state index in [9.17, 15) is 18.3 Å². The average Bonchev–Trinajstić information content (AvgIpc) is 3.08. The molecule has 2 aromatic carbocycles. The van der Waals surface area contributed by atoms with Gasteiger partial charge < -0.3 is 5.11 Å². The quantitative estimate of drug-likeness (QED) is 0.633. The van der Waals surface area contributed by atoms with E-state index in [1.807, 2.05) is 44.2 Å². The maximum absolute atomic E-state index is 12.9. The zero-order valence-electron chi connectivity index (χ0n) is 15.5. The van der Waals surface area contributed by atoms with Crippen LogP contribution in [0.4, 0.5) is 5.69 Å². The molecule has 0 unspecified atom stereocenters. The van der Waals surface area contributed by atoms with Crippen LogP contribution in [0.15, 0.2) is 65.8 Å². The molecule has 0 saturated carbocycles. The van der Waals surface area contributed by atoms with Gasteiger partial charge in [0.05, 0.1) is 28.9 Å². The van der Waals surface area contributed by atoms with Gasteiger partial charge in [-0.15, -0.1) is 0 Å². The number of aromatic nitrogens is 2. The van der Waals surface area contributed by atoms with Crippen LogP contribution >= 0.6 is 0 Å². The van der Waals surface area contributed by atoms with Gasteiger partial charge in [-0.2, -0.15) is 5.10 Å². The molecule has 146 valence electrons. The van der Waals surface area contributed by atoms with E-state index in [1.54, 1.807) is 16.9 Å². The Morgan fingerprint density at radius 1 is 1.18 bits per heavy atom. The first-order valence-electron chi connectivity index (χ1n) is 8.72. The number of carboxylic acid groups (broad SMARTS) is 1. The Labute approximate surface area is 163 Å². The SMILES string of the molecule is CC(C)c1ccc(C(=O)O)cc1S(=O)(=O)Nc1cnn(Cc2ccccc2)c1. The molecular weight excluding hydrogens is 378 g/mol. The van der Waals surface area contributed by atoms with Crippen molar-refractivity contribution in [3.63, 3.8) is 0 Å². The predicted molar refractivity (Wildman–Crippen MR) is 106 cm³/mol. The molecule has 0 saturated heterocycles. The number of hydrogen-bond donors (Lipinski definition) is 2. The second kappa shape index (κ2) is 7.85. The molecule has 0 fully saturated rings. The van der Waals surface area contributed by atoms with Crippen LogP contribution < -0.4 is 4.72 Å². The Kier molecular flexibility index (Phi) is 5.51. The van der Waals surface area contributed by atoms with E-state index < -0.39 is 16.0 Å². The second-order valence-electron chi connectivity index (χ2n) is 6.73. The zero-order chi connectivity index (χ0) is 20.3. The molecule has 8 heteroatoms. The lowest BCUT2D eigenvalue weighted by Crippen LogP contribution is -2.16. The third-order valence-corrected chi connectivity index (χ3v) is 5.68. The third-order valence-electron chi connectivity index (χ3n) is 4.24. The largest absolute Gasteiger partial charge is 0.478 e. The standard InChI is InChI=1S/C20H21N3O4S/c1-14(2)18-9-8-16(20(24)25)10-19(18)28(26,27)22-17-11-21-23(13-17)12-15-6-4-3-5-7-15/h3-11,13-14,22H,12H2,1-2H3,(H,24,25). The molecule has 2 N–H and O–H groups in total. The Morgan fingerprint density at radius 3 is 2.54 bits per heavy atom. The van der Waals surface area contributed by atoms with Crippen LogP contribution in [-0.4, -0.2) is 29.3 Å². The van der Waals surface area contributed by atoms with Crippen molar-refractivity contribution in [2.24, 2.45) is 0 Å². The van der Waals surface area contributed by atoms with Crippen molar-refractivity contribution in [2.45, 2.75) is 31.2 Å². The summed E-state index contributed by atoms with van der Waals surface area (Å²) in [5, 5.41) is 13.4. The minimum atomic E-state index is -3.97. The van der Waals surface area contributed by atoms with Gasteiger partial charge in [0.15, 0.2) is 0 Å². The molecule has 3 rings (SSSR count). The number of anilines is 1. The van der Waals surface area contributed by atoms with Gasteiger partial charge in [0, 0.05) is 6.20 Å². The molecule has 1 aromatic heterocycles. The highest BCUT2D eigenvalue weighted by atomic mass is 32.2. The van der Waals surface area contributed by atoms with Crippen LogP contribution in [0.3, 0.4) is 0 Å². The summed E-state index contributed by atoms with van der Waals surface area (Å²) in [4.78, 5) is 11.2. The first-order chi connectivity index (χ1) is 13.3. The molecular formula is C20H21N3O4S. The van der Waals surface area contributed by atoms with E-state index in [0.717, 1.165) is 5.56 Å². The fraction of sp³-hybridized carbons (Fsp3) is 0.200. The topological polar surface area (TPSA) is 101 Å². The van der Waals surface area contributed by atoms with Crippen molar-refractivity contribution in [2.75, 3.05) is 4.72 Å². The van der Waals surface area contributed by atoms with E-state index in [-0.39, 0.29) is 16.4 Å². The van der Waals surface area contributed by atoms with Gasteiger partial charge >= 0.3 is 5.97 Å². The average molecular weight is 399 g/mol. The molecule has 7 nitrogen and oxygen atoms in total. The summed E-state index contributed by atoms with van der Waals surface area (Å²) in [5.41, 5.74) is 1.82. The zero-order valence-corrected chi connectivity index (χ0v) is 16.3. The van der Waals surface area contributed by atoms with Crippen LogP contribution in [-0.2, 0) is 16.6 Å². The van der Waals surface area contributed by atoms with Crippen LogP contribution in [0.5, 0.6) is 0 Å². The van der Waals surface area contributed by atoms with Crippen molar-refractivity contribution < 1.29 is 18.3 Å².